The molecule has 2 aromatic carbocycles. The smallest absolute Gasteiger partial charge is 0.416 e. The van der Waals surface area contributed by atoms with E-state index in [1.165, 1.54) is 6.07 Å². The van der Waals surface area contributed by atoms with Gasteiger partial charge in [0.05, 0.1) is 16.9 Å². The van der Waals surface area contributed by atoms with Crippen LogP contribution >= 0.6 is 0 Å². The molecule has 1 aliphatic rings. The predicted molar refractivity (Wildman–Crippen MR) is 65.7 cm³/mol. The van der Waals surface area contributed by atoms with Gasteiger partial charge < -0.3 is 15.8 Å². The Balaban J connectivity index is 2.03. The fourth-order valence-corrected chi connectivity index (χ4v) is 1.88. The van der Waals surface area contributed by atoms with Crippen molar-refractivity contribution < 1.29 is 17.9 Å². The van der Waals surface area contributed by atoms with Gasteiger partial charge in [0.1, 0.15) is 0 Å². The second-order valence-corrected chi connectivity index (χ2v) is 4.19. The van der Waals surface area contributed by atoms with Crippen molar-refractivity contribution in [2.24, 2.45) is 0 Å². The molecule has 3 rings (SSSR count). The van der Waals surface area contributed by atoms with Crippen molar-refractivity contribution in [3.05, 3.63) is 42.0 Å². The number of alkyl halides is 3. The van der Waals surface area contributed by atoms with Crippen LogP contribution in [-0.2, 0) is 6.18 Å². The summed E-state index contributed by atoms with van der Waals surface area (Å²) in [6.45, 7) is 0. The first kappa shape index (κ1) is 11.7. The second-order valence-electron chi connectivity index (χ2n) is 4.19. The van der Waals surface area contributed by atoms with E-state index in [1.807, 2.05) is 0 Å². The Morgan fingerprint density at radius 3 is 2.47 bits per heavy atom. The van der Waals surface area contributed by atoms with Gasteiger partial charge in [-0.3, -0.25) is 0 Å². The van der Waals surface area contributed by atoms with E-state index in [2.05, 4.69) is 5.32 Å². The second kappa shape index (κ2) is 3.81. The first-order chi connectivity index (χ1) is 8.93. The van der Waals surface area contributed by atoms with Crippen LogP contribution in [0.3, 0.4) is 0 Å². The summed E-state index contributed by atoms with van der Waals surface area (Å²) in [7, 11) is 0. The number of anilines is 3. The van der Waals surface area contributed by atoms with Crippen LogP contribution in [0.1, 0.15) is 5.56 Å². The van der Waals surface area contributed by atoms with Crippen molar-refractivity contribution >= 4 is 17.1 Å². The Morgan fingerprint density at radius 1 is 0.947 bits per heavy atom. The van der Waals surface area contributed by atoms with Gasteiger partial charge in [0, 0.05) is 5.69 Å². The summed E-state index contributed by atoms with van der Waals surface area (Å²) in [6, 6.07) is 8.22. The maximum atomic E-state index is 12.6. The highest BCUT2D eigenvalue weighted by molar-refractivity contribution is 5.77. The number of hydrogen-bond donors (Lipinski definition) is 2. The number of nitrogens with two attached hydrogens (primary N) is 1. The van der Waals surface area contributed by atoms with E-state index in [1.54, 1.807) is 18.2 Å². The van der Waals surface area contributed by atoms with E-state index in [0.717, 1.165) is 12.1 Å². The van der Waals surface area contributed by atoms with Gasteiger partial charge in [-0.2, -0.15) is 13.2 Å². The lowest BCUT2D eigenvalue weighted by molar-refractivity contribution is -0.137. The SMILES string of the molecule is Nc1ccc2c(c1)Nc1ccc(C(F)(F)F)cc1O2. The average Bonchev–Trinajstić information content (AvgIpc) is 2.34. The highest BCUT2D eigenvalue weighted by Gasteiger charge is 2.32. The molecule has 3 N–H and O–H groups in total. The Hall–Kier alpha value is -2.37. The molecule has 0 aliphatic carbocycles. The van der Waals surface area contributed by atoms with Crippen molar-refractivity contribution in [2.75, 3.05) is 11.1 Å². The molecule has 0 saturated carbocycles. The predicted octanol–water partition coefficient (Wildman–Crippen LogP) is 4.14. The zero-order valence-electron chi connectivity index (χ0n) is 9.58. The molecular weight excluding hydrogens is 257 g/mol. The van der Waals surface area contributed by atoms with Gasteiger partial charge in [-0.25, -0.2) is 0 Å². The summed E-state index contributed by atoms with van der Waals surface area (Å²) in [6.07, 6.45) is -4.39. The van der Waals surface area contributed by atoms with Crippen LogP contribution in [0.25, 0.3) is 0 Å². The summed E-state index contributed by atoms with van der Waals surface area (Å²) >= 11 is 0. The quantitative estimate of drug-likeness (QED) is 0.601. The standard InChI is InChI=1S/C13H9F3N2O/c14-13(15,16)7-1-3-9-12(5-7)19-11-4-2-8(17)6-10(11)18-9/h1-6,18H,17H2. The number of ether oxygens (including phenoxy) is 1. The van der Waals surface area contributed by atoms with Crippen molar-refractivity contribution in [3.63, 3.8) is 0 Å². The van der Waals surface area contributed by atoms with Gasteiger partial charge in [0.25, 0.3) is 0 Å². The van der Waals surface area contributed by atoms with Crippen LogP contribution in [0.15, 0.2) is 36.4 Å². The highest BCUT2D eigenvalue weighted by Crippen LogP contribution is 2.44. The third-order valence-electron chi connectivity index (χ3n) is 2.80. The molecule has 0 bridgehead atoms. The van der Waals surface area contributed by atoms with Gasteiger partial charge in [0.15, 0.2) is 11.5 Å². The largest absolute Gasteiger partial charge is 0.453 e. The van der Waals surface area contributed by atoms with Gasteiger partial charge in [0.2, 0.25) is 0 Å². The van der Waals surface area contributed by atoms with Gasteiger partial charge in [-0.05, 0) is 36.4 Å². The van der Waals surface area contributed by atoms with Gasteiger partial charge in [-0.15, -0.1) is 0 Å². The number of halogens is 3. The molecule has 1 heterocycles. The maximum absolute atomic E-state index is 12.6. The number of nitrogens with one attached hydrogen (secondary N) is 1. The Labute approximate surface area is 106 Å². The summed E-state index contributed by atoms with van der Waals surface area (Å²) in [4.78, 5) is 0. The minimum Gasteiger partial charge on any atom is -0.453 e. The molecule has 0 aromatic heterocycles. The number of rotatable bonds is 0. The van der Waals surface area contributed by atoms with Crippen LogP contribution in [-0.4, -0.2) is 0 Å². The van der Waals surface area contributed by atoms with Crippen LogP contribution in [0.4, 0.5) is 30.2 Å². The first-order valence-corrected chi connectivity index (χ1v) is 5.49. The molecule has 3 nitrogen and oxygen atoms in total. The number of hydrogen-bond acceptors (Lipinski definition) is 3. The van der Waals surface area contributed by atoms with E-state index in [4.69, 9.17) is 10.5 Å². The Kier molecular flexibility index (Phi) is 2.35. The maximum Gasteiger partial charge on any atom is 0.416 e. The molecule has 2 aromatic rings. The fourth-order valence-electron chi connectivity index (χ4n) is 1.88. The Bertz CT molecular complexity index is 653. The normalized spacial score (nSPS) is 13.0. The molecule has 6 heteroatoms. The van der Waals surface area contributed by atoms with E-state index < -0.39 is 11.7 Å². The summed E-state index contributed by atoms with van der Waals surface area (Å²) in [5, 5.41) is 2.99. The monoisotopic (exact) mass is 266 g/mol. The molecule has 98 valence electrons. The van der Waals surface area contributed by atoms with E-state index in [0.29, 0.717) is 22.8 Å². The van der Waals surface area contributed by atoms with Crippen LogP contribution in [0.5, 0.6) is 11.5 Å². The third kappa shape index (κ3) is 2.05. The molecule has 1 aliphatic heterocycles. The number of nitrogen functional groups attached to an aromatic ring is 1. The number of benzene rings is 2. The fraction of sp³-hybridized carbons (Fsp3) is 0.0769. The summed E-state index contributed by atoms with van der Waals surface area (Å²) < 4.78 is 43.3. The van der Waals surface area contributed by atoms with Crippen LogP contribution < -0.4 is 15.8 Å². The van der Waals surface area contributed by atoms with Gasteiger partial charge in [-0.1, -0.05) is 0 Å². The average molecular weight is 266 g/mol. The molecule has 0 spiro atoms. The summed E-state index contributed by atoms with van der Waals surface area (Å²) in [5.74, 6) is 0.591. The van der Waals surface area contributed by atoms with Crippen molar-refractivity contribution in [2.45, 2.75) is 6.18 Å². The van der Waals surface area contributed by atoms with Gasteiger partial charge >= 0.3 is 6.18 Å². The molecule has 0 amide bonds. The first-order valence-electron chi connectivity index (χ1n) is 5.49. The lowest BCUT2D eigenvalue weighted by Crippen LogP contribution is -2.08. The van der Waals surface area contributed by atoms with Crippen LogP contribution in [0.2, 0.25) is 0 Å². The van der Waals surface area contributed by atoms with Crippen molar-refractivity contribution in [3.8, 4) is 11.5 Å². The van der Waals surface area contributed by atoms with E-state index in [-0.39, 0.29) is 5.75 Å². The molecule has 0 saturated heterocycles. The van der Waals surface area contributed by atoms with E-state index in [9.17, 15) is 13.2 Å². The molecule has 0 unspecified atom stereocenters. The lowest BCUT2D eigenvalue weighted by Gasteiger charge is -2.22. The molecule has 19 heavy (non-hydrogen) atoms. The number of fused-ring (bicyclic) bond motifs is 2. The zero-order chi connectivity index (χ0) is 13.6. The minimum atomic E-state index is -4.39. The molecular formula is C13H9F3N2O. The molecule has 0 atom stereocenters. The van der Waals surface area contributed by atoms with Crippen LogP contribution in [0, 0.1) is 0 Å². The lowest BCUT2D eigenvalue weighted by atomic mass is 10.1. The topological polar surface area (TPSA) is 47.3 Å². The highest BCUT2D eigenvalue weighted by atomic mass is 19.4. The zero-order valence-corrected chi connectivity index (χ0v) is 9.58. The van der Waals surface area contributed by atoms with Crippen molar-refractivity contribution in [1.29, 1.82) is 0 Å². The third-order valence-corrected chi connectivity index (χ3v) is 2.80. The van der Waals surface area contributed by atoms with E-state index >= 15 is 0 Å². The Morgan fingerprint density at radius 2 is 1.74 bits per heavy atom. The molecule has 0 radical (unpaired) electrons. The van der Waals surface area contributed by atoms with Crippen molar-refractivity contribution in [1.82, 2.24) is 0 Å². The summed E-state index contributed by atoms with van der Waals surface area (Å²) in [5.41, 5.74) is 6.55. The molecule has 0 fully saturated rings. The minimum absolute atomic E-state index is 0.145.